The highest BCUT2D eigenvalue weighted by atomic mass is 16.6. The first kappa shape index (κ1) is 32.0. The summed E-state index contributed by atoms with van der Waals surface area (Å²) in [6.07, 6.45) is 12.9. The SMILES string of the molecule is CC(C)CCCC[C@H]1CCC2C(C/C=N/Nc3ccc([N+](=O)[O-])cc3[N+](=O)[O-])C([C@@]3(C)CC[C@H](O)CC3=O)CCC21C. The summed E-state index contributed by atoms with van der Waals surface area (Å²) < 4.78 is 0. The van der Waals surface area contributed by atoms with Crippen molar-refractivity contribution < 1.29 is 19.7 Å². The van der Waals surface area contributed by atoms with Gasteiger partial charge >= 0.3 is 5.69 Å². The molecular weight excluding hydrogens is 536 g/mol. The molecule has 0 amide bonds. The maximum absolute atomic E-state index is 13.4. The summed E-state index contributed by atoms with van der Waals surface area (Å²) in [6.45, 7) is 9.13. The van der Waals surface area contributed by atoms with Crippen molar-refractivity contribution in [3.63, 3.8) is 0 Å². The fraction of sp³-hybridized carbons (Fsp3) is 0.750. The lowest BCUT2D eigenvalue weighted by atomic mass is 9.50. The molecule has 0 radical (unpaired) electrons. The summed E-state index contributed by atoms with van der Waals surface area (Å²) >= 11 is 0. The number of nitrogens with one attached hydrogen (secondary N) is 1. The number of benzene rings is 1. The van der Waals surface area contributed by atoms with Gasteiger partial charge in [-0.05, 0) is 92.4 Å². The lowest BCUT2D eigenvalue weighted by Crippen LogP contribution is -2.51. The molecule has 232 valence electrons. The molecular formula is C32H48N4O6. The van der Waals surface area contributed by atoms with E-state index in [1.165, 1.54) is 44.2 Å². The van der Waals surface area contributed by atoms with Crippen molar-refractivity contribution >= 4 is 29.1 Å². The van der Waals surface area contributed by atoms with Gasteiger partial charge in [0.1, 0.15) is 11.5 Å². The number of rotatable bonds is 12. The van der Waals surface area contributed by atoms with Crippen LogP contribution in [0.4, 0.5) is 17.1 Å². The van der Waals surface area contributed by atoms with E-state index in [1.807, 2.05) is 0 Å². The van der Waals surface area contributed by atoms with E-state index in [-0.39, 0.29) is 40.8 Å². The molecule has 0 aliphatic heterocycles. The Bertz CT molecular complexity index is 1190. The normalized spacial score (nSPS) is 33.2. The number of Topliss-reactive ketones (excluding diaryl/α,β-unsaturated/α-hetero) is 1. The Balaban J connectivity index is 1.54. The summed E-state index contributed by atoms with van der Waals surface area (Å²) in [5.41, 5.74) is 1.83. The van der Waals surface area contributed by atoms with Crippen LogP contribution in [-0.4, -0.2) is 33.1 Å². The maximum Gasteiger partial charge on any atom is 0.301 e. The van der Waals surface area contributed by atoms with E-state index in [9.17, 15) is 30.1 Å². The summed E-state index contributed by atoms with van der Waals surface area (Å²) in [5, 5.41) is 37.2. The van der Waals surface area contributed by atoms with Gasteiger partial charge in [-0.2, -0.15) is 5.10 Å². The number of unbranched alkanes of at least 4 members (excludes halogenated alkanes) is 1. The predicted molar refractivity (Wildman–Crippen MR) is 163 cm³/mol. The highest BCUT2D eigenvalue weighted by Gasteiger charge is 2.58. The number of anilines is 1. The molecule has 3 aliphatic carbocycles. The molecule has 0 aromatic heterocycles. The molecule has 0 saturated heterocycles. The average Bonchev–Trinajstić information content (AvgIpc) is 3.27. The first-order chi connectivity index (χ1) is 19.9. The summed E-state index contributed by atoms with van der Waals surface area (Å²) in [4.78, 5) is 34.7. The van der Waals surface area contributed by atoms with Gasteiger partial charge in [-0.15, -0.1) is 0 Å². The van der Waals surface area contributed by atoms with Crippen LogP contribution in [0, 0.1) is 60.6 Å². The Morgan fingerprint density at radius 3 is 2.50 bits per heavy atom. The van der Waals surface area contributed by atoms with Gasteiger partial charge in [0.2, 0.25) is 0 Å². The van der Waals surface area contributed by atoms with Crippen molar-refractivity contribution in [1.29, 1.82) is 0 Å². The molecule has 2 N–H and O–H groups in total. The second-order valence-corrected chi connectivity index (χ2v) is 14.0. The summed E-state index contributed by atoms with van der Waals surface area (Å²) in [5.74, 6) is 2.46. The number of fused-ring (bicyclic) bond motifs is 1. The highest BCUT2D eigenvalue weighted by Crippen LogP contribution is 2.64. The highest BCUT2D eigenvalue weighted by molar-refractivity contribution is 5.86. The van der Waals surface area contributed by atoms with Crippen LogP contribution in [0.15, 0.2) is 23.3 Å². The molecule has 3 saturated carbocycles. The molecule has 10 heteroatoms. The molecule has 1 aromatic rings. The van der Waals surface area contributed by atoms with Crippen LogP contribution in [0.1, 0.15) is 105 Å². The number of aliphatic hydroxyl groups excluding tert-OH is 1. The number of hydrazone groups is 1. The van der Waals surface area contributed by atoms with Gasteiger partial charge in [0.25, 0.3) is 5.69 Å². The van der Waals surface area contributed by atoms with Gasteiger partial charge in [-0.25, -0.2) is 0 Å². The van der Waals surface area contributed by atoms with Crippen LogP contribution < -0.4 is 5.43 Å². The Hall–Kier alpha value is -2.88. The third-order valence-electron chi connectivity index (χ3n) is 11.1. The third-order valence-corrected chi connectivity index (χ3v) is 11.1. The number of hydrogen-bond acceptors (Lipinski definition) is 8. The molecule has 0 spiro atoms. The minimum absolute atomic E-state index is 0.0950. The minimum atomic E-state index is -0.661. The predicted octanol–water partition coefficient (Wildman–Crippen LogP) is 7.69. The van der Waals surface area contributed by atoms with Gasteiger partial charge in [0, 0.05) is 24.1 Å². The first-order valence-corrected chi connectivity index (χ1v) is 15.8. The molecule has 4 rings (SSSR count). The van der Waals surface area contributed by atoms with Crippen LogP contribution >= 0.6 is 0 Å². The average molecular weight is 585 g/mol. The molecule has 10 nitrogen and oxygen atoms in total. The topological polar surface area (TPSA) is 148 Å². The molecule has 0 bridgehead atoms. The Morgan fingerprint density at radius 2 is 1.83 bits per heavy atom. The summed E-state index contributed by atoms with van der Waals surface area (Å²) in [6, 6.07) is 3.46. The summed E-state index contributed by atoms with van der Waals surface area (Å²) in [7, 11) is 0. The van der Waals surface area contributed by atoms with Crippen molar-refractivity contribution in [2.45, 2.75) is 111 Å². The van der Waals surface area contributed by atoms with E-state index >= 15 is 0 Å². The van der Waals surface area contributed by atoms with E-state index in [0.717, 1.165) is 31.2 Å². The van der Waals surface area contributed by atoms with Crippen molar-refractivity contribution in [1.82, 2.24) is 0 Å². The van der Waals surface area contributed by atoms with Gasteiger partial charge in [0.05, 0.1) is 22.0 Å². The van der Waals surface area contributed by atoms with Gasteiger partial charge in [-0.1, -0.05) is 47.0 Å². The number of non-ortho nitro benzene ring substituents is 1. The second kappa shape index (κ2) is 13.2. The quantitative estimate of drug-likeness (QED) is 0.111. The number of nitrogens with zero attached hydrogens (tertiary/aromatic N) is 3. The fourth-order valence-corrected chi connectivity index (χ4v) is 8.65. The van der Waals surface area contributed by atoms with Crippen molar-refractivity contribution in [2.24, 2.45) is 45.5 Å². The van der Waals surface area contributed by atoms with Gasteiger partial charge in [0.15, 0.2) is 0 Å². The van der Waals surface area contributed by atoms with E-state index < -0.39 is 27.1 Å². The maximum atomic E-state index is 13.4. The molecule has 1 aromatic carbocycles. The lowest BCUT2D eigenvalue weighted by molar-refractivity contribution is -0.393. The van der Waals surface area contributed by atoms with Crippen LogP contribution in [-0.2, 0) is 4.79 Å². The van der Waals surface area contributed by atoms with Crippen molar-refractivity contribution in [3.8, 4) is 0 Å². The Kier molecular flexibility index (Phi) is 10.1. The molecule has 0 heterocycles. The molecule has 4 unspecified atom stereocenters. The molecule has 42 heavy (non-hydrogen) atoms. The zero-order chi connectivity index (χ0) is 30.7. The van der Waals surface area contributed by atoms with Crippen LogP contribution in [0.25, 0.3) is 0 Å². The number of hydrogen-bond donors (Lipinski definition) is 2. The number of nitro groups is 2. The van der Waals surface area contributed by atoms with Crippen LogP contribution in [0.5, 0.6) is 0 Å². The van der Waals surface area contributed by atoms with E-state index in [2.05, 4.69) is 38.2 Å². The molecule has 7 atom stereocenters. The lowest BCUT2D eigenvalue weighted by Gasteiger charge is -2.54. The second-order valence-electron chi connectivity index (χ2n) is 14.0. The van der Waals surface area contributed by atoms with Crippen molar-refractivity contribution in [2.75, 3.05) is 5.43 Å². The Morgan fingerprint density at radius 1 is 1.07 bits per heavy atom. The monoisotopic (exact) mass is 584 g/mol. The van der Waals surface area contributed by atoms with Crippen molar-refractivity contribution in [3.05, 3.63) is 38.4 Å². The van der Waals surface area contributed by atoms with E-state index in [4.69, 9.17) is 0 Å². The fourth-order valence-electron chi connectivity index (χ4n) is 8.65. The zero-order valence-electron chi connectivity index (χ0n) is 25.6. The molecule has 3 aliphatic rings. The van der Waals surface area contributed by atoms with Crippen LogP contribution in [0.2, 0.25) is 0 Å². The van der Waals surface area contributed by atoms with Gasteiger partial charge < -0.3 is 5.11 Å². The third kappa shape index (κ3) is 6.68. The number of aliphatic hydroxyl groups is 1. The largest absolute Gasteiger partial charge is 0.393 e. The van der Waals surface area contributed by atoms with Crippen LogP contribution in [0.3, 0.4) is 0 Å². The van der Waals surface area contributed by atoms with Gasteiger partial charge in [-0.3, -0.25) is 30.4 Å². The number of carbonyl (C=O) groups excluding carboxylic acids is 1. The number of nitro benzene ring substituents is 2. The smallest absolute Gasteiger partial charge is 0.301 e. The number of carbonyl (C=O) groups is 1. The van der Waals surface area contributed by atoms with E-state index in [0.29, 0.717) is 31.1 Å². The number of ketones is 1. The standard InChI is InChI=1S/C32H48N4O6/c1-21(2)7-5-6-8-22-9-11-26-25(15-18-33-34-28-12-10-23(35(39)40)19-29(28)36(41)42)27(14-17-31(22,26)3)32(4)16-13-24(37)20-30(32)38/h10,12,18-19,21-22,24-27,34,37H,5-9,11,13-17,20H2,1-4H3/b33-18+/t22-,24-,25?,26?,27?,31?,32+/m0/s1. The Labute approximate surface area is 249 Å². The molecule has 3 fully saturated rings. The van der Waals surface area contributed by atoms with E-state index in [1.54, 1.807) is 6.21 Å². The zero-order valence-corrected chi connectivity index (χ0v) is 25.6. The first-order valence-electron chi connectivity index (χ1n) is 15.8. The minimum Gasteiger partial charge on any atom is -0.393 e.